The smallest absolute Gasteiger partial charge is 0.160 e. The molecule has 0 heterocycles. The second-order valence-electron chi connectivity index (χ2n) is 4.53. The largest absolute Gasteiger partial charge is 0.508 e. The molecular formula is C13H18O2. The lowest BCUT2D eigenvalue weighted by Gasteiger charge is -2.16. The van der Waals surface area contributed by atoms with E-state index in [0.29, 0.717) is 5.57 Å². The summed E-state index contributed by atoms with van der Waals surface area (Å²) in [6.45, 7) is 7.56. The Morgan fingerprint density at radius 1 is 1.40 bits per heavy atom. The van der Waals surface area contributed by atoms with E-state index < -0.39 is 0 Å². The molecule has 0 aliphatic heterocycles. The van der Waals surface area contributed by atoms with Gasteiger partial charge in [0, 0.05) is 11.0 Å². The highest BCUT2D eigenvalue weighted by molar-refractivity contribution is 5.98. The highest BCUT2D eigenvalue weighted by atomic mass is 16.3. The molecule has 0 radical (unpaired) electrons. The summed E-state index contributed by atoms with van der Waals surface area (Å²) >= 11 is 0. The van der Waals surface area contributed by atoms with Crippen molar-refractivity contribution in [3.05, 3.63) is 35.1 Å². The van der Waals surface area contributed by atoms with Crippen LogP contribution >= 0.6 is 0 Å². The van der Waals surface area contributed by atoms with E-state index >= 15 is 0 Å². The van der Waals surface area contributed by atoms with E-state index in [4.69, 9.17) is 0 Å². The molecule has 15 heavy (non-hydrogen) atoms. The minimum atomic E-state index is -0.205. The van der Waals surface area contributed by atoms with Crippen LogP contribution in [0.2, 0.25) is 0 Å². The summed E-state index contributed by atoms with van der Waals surface area (Å²) < 4.78 is 0. The fraction of sp³-hybridized carbons (Fsp3) is 0.462. The number of carbonyl (C=O) groups is 1. The van der Waals surface area contributed by atoms with Gasteiger partial charge < -0.3 is 5.11 Å². The van der Waals surface area contributed by atoms with E-state index in [-0.39, 0.29) is 17.0 Å². The number of rotatable bonds is 2. The van der Waals surface area contributed by atoms with E-state index in [1.54, 1.807) is 12.2 Å². The maximum absolute atomic E-state index is 11.4. The molecule has 0 bridgehead atoms. The van der Waals surface area contributed by atoms with Gasteiger partial charge in [0.05, 0.1) is 0 Å². The average molecular weight is 206 g/mol. The maximum atomic E-state index is 11.4. The topological polar surface area (TPSA) is 37.3 Å². The molecule has 1 aliphatic carbocycles. The van der Waals surface area contributed by atoms with Crippen LogP contribution in [-0.2, 0) is 4.79 Å². The van der Waals surface area contributed by atoms with Crippen molar-refractivity contribution in [2.75, 3.05) is 0 Å². The van der Waals surface area contributed by atoms with Crippen molar-refractivity contribution >= 4 is 5.78 Å². The van der Waals surface area contributed by atoms with Crippen molar-refractivity contribution in [3.63, 3.8) is 0 Å². The van der Waals surface area contributed by atoms with Crippen LogP contribution in [-0.4, -0.2) is 10.9 Å². The molecule has 0 unspecified atom stereocenters. The Hall–Kier alpha value is -1.31. The zero-order valence-corrected chi connectivity index (χ0v) is 9.79. The van der Waals surface area contributed by atoms with E-state index in [1.165, 1.54) is 6.92 Å². The number of allylic oxidation sites excluding steroid dienone is 5. The molecule has 2 heteroatoms. The first kappa shape index (κ1) is 11.8. The van der Waals surface area contributed by atoms with Crippen LogP contribution in [0.15, 0.2) is 35.1 Å². The van der Waals surface area contributed by atoms with E-state index in [0.717, 1.165) is 12.0 Å². The van der Waals surface area contributed by atoms with E-state index in [9.17, 15) is 9.90 Å². The van der Waals surface area contributed by atoms with Crippen molar-refractivity contribution in [2.24, 2.45) is 5.41 Å². The summed E-state index contributed by atoms with van der Waals surface area (Å²) in [5.41, 5.74) is 1.42. The standard InChI is InChI=1S/C13H18O2/c1-5-10-7-13(3,4)8-11(15)6-12(10)9(2)14/h6-8,15H,5H2,1-4H3. The van der Waals surface area contributed by atoms with Crippen molar-refractivity contribution in [3.8, 4) is 0 Å². The summed E-state index contributed by atoms with van der Waals surface area (Å²) in [5, 5.41) is 9.66. The molecule has 0 aromatic carbocycles. The third kappa shape index (κ3) is 2.82. The van der Waals surface area contributed by atoms with Gasteiger partial charge in [-0.05, 0) is 31.1 Å². The molecule has 1 rings (SSSR count). The van der Waals surface area contributed by atoms with Gasteiger partial charge in [-0.3, -0.25) is 4.79 Å². The summed E-state index contributed by atoms with van der Waals surface area (Å²) in [6, 6.07) is 0. The summed E-state index contributed by atoms with van der Waals surface area (Å²) in [4.78, 5) is 11.4. The van der Waals surface area contributed by atoms with Crippen LogP contribution in [0.4, 0.5) is 0 Å². The lowest BCUT2D eigenvalue weighted by molar-refractivity contribution is -0.113. The summed E-state index contributed by atoms with van der Waals surface area (Å²) in [5.74, 6) is 0.172. The minimum absolute atomic E-state index is 0.000694. The minimum Gasteiger partial charge on any atom is -0.508 e. The Morgan fingerprint density at radius 3 is 2.47 bits per heavy atom. The lowest BCUT2D eigenvalue weighted by Crippen LogP contribution is -2.05. The van der Waals surface area contributed by atoms with E-state index in [1.807, 2.05) is 26.8 Å². The van der Waals surface area contributed by atoms with Crippen molar-refractivity contribution in [1.29, 1.82) is 0 Å². The van der Waals surface area contributed by atoms with Crippen LogP contribution in [0.1, 0.15) is 34.1 Å². The predicted octanol–water partition coefficient (Wildman–Crippen LogP) is 3.32. The lowest BCUT2D eigenvalue weighted by atomic mass is 9.89. The number of Topliss-reactive ketones (excluding diaryl/α,β-unsaturated/α-hetero) is 1. The number of carbonyl (C=O) groups excluding carboxylic acids is 1. The molecule has 0 fully saturated rings. The number of hydrogen-bond acceptors (Lipinski definition) is 2. The molecule has 82 valence electrons. The van der Waals surface area contributed by atoms with Crippen molar-refractivity contribution in [2.45, 2.75) is 34.1 Å². The molecule has 1 aliphatic rings. The van der Waals surface area contributed by atoms with Gasteiger partial charge in [0.15, 0.2) is 5.78 Å². The van der Waals surface area contributed by atoms with Gasteiger partial charge in [-0.25, -0.2) is 0 Å². The third-order valence-corrected chi connectivity index (χ3v) is 2.46. The van der Waals surface area contributed by atoms with Crippen LogP contribution in [0.3, 0.4) is 0 Å². The zero-order chi connectivity index (χ0) is 11.6. The normalized spacial score (nSPS) is 19.9. The van der Waals surface area contributed by atoms with Gasteiger partial charge >= 0.3 is 0 Å². The molecule has 0 saturated heterocycles. The number of aliphatic hydroxyl groups excluding tert-OH is 1. The number of hydrogen-bond donors (Lipinski definition) is 1. The van der Waals surface area contributed by atoms with Crippen molar-refractivity contribution < 1.29 is 9.90 Å². The highest BCUT2D eigenvalue weighted by Crippen LogP contribution is 2.30. The predicted molar refractivity (Wildman–Crippen MR) is 61.6 cm³/mol. The second kappa shape index (κ2) is 4.05. The van der Waals surface area contributed by atoms with Gasteiger partial charge in [0.1, 0.15) is 5.76 Å². The van der Waals surface area contributed by atoms with Crippen LogP contribution in [0, 0.1) is 5.41 Å². The van der Waals surface area contributed by atoms with Crippen LogP contribution < -0.4 is 0 Å². The molecule has 0 atom stereocenters. The van der Waals surface area contributed by atoms with Crippen LogP contribution in [0.25, 0.3) is 0 Å². The van der Waals surface area contributed by atoms with Gasteiger partial charge in [-0.1, -0.05) is 26.8 Å². The summed E-state index contributed by atoms with van der Waals surface area (Å²) in [7, 11) is 0. The first-order valence-corrected chi connectivity index (χ1v) is 5.22. The fourth-order valence-corrected chi connectivity index (χ4v) is 1.85. The van der Waals surface area contributed by atoms with E-state index in [2.05, 4.69) is 0 Å². The van der Waals surface area contributed by atoms with Gasteiger partial charge in [-0.15, -0.1) is 0 Å². The first-order valence-electron chi connectivity index (χ1n) is 5.22. The zero-order valence-electron chi connectivity index (χ0n) is 9.79. The Labute approximate surface area is 91.0 Å². The number of aliphatic hydroxyl groups is 1. The number of ketones is 1. The Morgan fingerprint density at radius 2 is 2.00 bits per heavy atom. The molecule has 0 saturated carbocycles. The Bertz CT molecular complexity index is 368. The Kier molecular flexibility index (Phi) is 3.18. The summed E-state index contributed by atoms with van der Waals surface area (Å²) in [6.07, 6.45) is 6.17. The quantitative estimate of drug-likeness (QED) is 0.752. The SMILES string of the molecule is CCC1=CC(C)(C)C=C(O)C=C1C(C)=O. The molecular weight excluding hydrogens is 188 g/mol. The molecule has 0 aromatic heterocycles. The Balaban J connectivity index is 3.28. The molecule has 0 spiro atoms. The van der Waals surface area contributed by atoms with Crippen molar-refractivity contribution in [1.82, 2.24) is 0 Å². The molecule has 0 aromatic rings. The maximum Gasteiger partial charge on any atom is 0.160 e. The fourth-order valence-electron chi connectivity index (χ4n) is 1.85. The monoisotopic (exact) mass is 206 g/mol. The third-order valence-electron chi connectivity index (χ3n) is 2.46. The molecule has 1 N–H and O–H groups in total. The second-order valence-corrected chi connectivity index (χ2v) is 4.53. The average Bonchev–Trinajstić information content (AvgIpc) is 2.20. The van der Waals surface area contributed by atoms with Crippen LogP contribution in [0.5, 0.6) is 0 Å². The molecule has 2 nitrogen and oxygen atoms in total. The van der Waals surface area contributed by atoms with Gasteiger partial charge in [0.25, 0.3) is 0 Å². The van der Waals surface area contributed by atoms with Gasteiger partial charge in [0.2, 0.25) is 0 Å². The first-order chi connectivity index (χ1) is 6.85. The highest BCUT2D eigenvalue weighted by Gasteiger charge is 2.20. The van der Waals surface area contributed by atoms with Gasteiger partial charge in [-0.2, -0.15) is 0 Å². The molecule has 0 amide bonds.